The predicted molar refractivity (Wildman–Crippen MR) is 171 cm³/mol. The summed E-state index contributed by atoms with van der Waals surface area (Å²) in [6.07, 6.45) is 0. The van der Waals surface area contributed by atoms with E-state index >= 15 is 0 Å². The SMILES string of the molecule is C[C@@H](CN[C@@H](C)CN1C(=O)c2cccc3cc([N+](=O)[O-])cc(c23)C1=O)NC[C@H](C)N1C(=O)c2cccc3cc([N+](=O)[O-])cc(c23)C1=O. The number of non-ortho nitro benzene ring substituents is 2. The highest BCUT2D eigenvalue weighted by molar-refractivity contribution is 6.27. The lowest BCUT2D eigenvalue weighted by molar-refractivity contribution is -0.384. The Hall–Kier alpha value is -5.60. The fourth-order valence-electron chi connectivity index (χ4n) is 6.28. The van der Waals surface area contributed by atoms with Crippen molar-refractivity contribution in [2.24, 2.45) is 0 Å². The fourth-order valence-corrected chi connectivity index (χ4v) is 6.28. The molecule has 4 amide bonds. The normalized spacial score (nSPS) is 16.1. The summed E-state index contributed by atoms with van der Waals surface area (Å²) in [5.74, 6) is -2.16. The van der Waals surface area contributed by atoms with Crippen LogP contribution in [0.5, 0.6) is 0 Å². The van der Waals surface area contributed by atoms with Crippen molar-refractivity contribution in [3.63, 3.8) is 0 Å². The fraction of sp³-hybridized carbons (Fsp3) is 0.273. The van der Waals surface area contributed by atoms with Gasteiger partial charge in [-0.25, -0.2) is 0 Å². The van der Waals surface area contributed by atoms with E-state index in [1.54, 1.807) is 43.3 Å². The number of nitrogens with zero attached hydrogens (tertiary/aromatic N) is 4. The highest BCUT2D eigenvalue weighted by Crippen LogP contribution is 2.35. The molecule has 0 bridgehead atoms. The summed E-state index contributed by atoms with van der Waals surface area (Å²) < 4.78 is 0. The van der Waals surface area contributed by atoms with E-state index in [9.17, 15) is 39.4 Å². The van der Waals surface area contributed by atoms with Gasteiger partial charge < -0.3 is 10.6 Å². The van der Waals surface area contributed by atoms with Gasteiger partial charge in [0.15, 0.2) is 0 Å². The van der Waals surface area contributed by atoms with Crippen LogP contribution in [0.2, 0.25) is 0 Å². The number of nitro groups is 2. The molecule has 0 saturated heterocycles. The first-order chi connectivity index (χ1) is 22.4. The first-order valence-corrected chi connectivity index (χ1v) is 15.0. The summed E-state index contributed by atoms with van der Waals surface area (Å²) in [5.41, 5.74) is 0.354. The third-order valence-electron chi connectivity index (χ3n) is 8.63. The number of amides is 4. The van der Waals surface area contributed by atoms with Crippen molar-refractivity contribution in [1.29, 1.82) is 0 Å². The molecule has 6 rings (SSSR count). The van der Waals surface area contributed by atoms with Crippen LogP contribution in [0.4, 0.5) is 11.4 Å². The summed E-state index contributed by atoms with van der Waals surface area (Å²) in [5, 5.41) is 31.2. The quantitative estimate of drug-likeness (QED) is 0.138. The van der Waals surface area contributed by atoms with Crippen LogP contribution in [0, 0.1) is 20.2 Å². The van der Waals surface area contributed by atoms with E-state index in [-0.39, 0.29) is 47.7 Å². The van der Waals surface area contributed by atoms with Crippen molar-refractivity contribution in [1.82, 2.24) is 20.4 Å². The summed E-state index contributed by atoms with van der Waals surface area (Å²) in [7, 11) is 0. The minimum Gasteiger partial charge on any atom is -0.311 e. The van der Waals surface area contributed by atoms with Gasteiger partial charge in [-0.05, 0) is 43.7 Å². The Labute approximate surface area is 267 Å². The zero-order valence-electron chi connectivity index (χ0n) is 25.7. The lowest BCUT2D eigenvalue weighted by atomic mass is 9.92. The highest BCUT2D eigenvalue weighted by Gasteiger charge is 2.38. The van der Waals surface area contributed by atoms with E-state index in [0.717, 1.165) is 9.80 Å². The van der Waals surface area contributed by atoms with E-state index < -0.39 is 39.5 Å². The molecular formula is C33H30N6O8. The van der Waals surface area contributed by atoms with Crippen LogP contribution in [0.1, 0.15) is 62.2 Å². The van der Waals surface area contributed by atoms with Gasteiger partial charge in [0.05, 0.1) is 21.0 Å². The molecule has 2 aliphatic heterocycles. The van der Waals surface area contributed by atoms with E-state index in [0.29, 0.717) is 39.2 Å². The van der Waals surface area contributed by atoms with Crippen molar-refractivity contribution < 1.29 is 29.0 Å². The maximum absolute atomic E-state index is 13.5. The van der Waals surface area contributed by atoms with Gasteiger partial charge >= 0.3 is 0 Å². The first kappa shape index (κ1) is 31.4. The summed E-state index contributed by atoms with van der Waals surface area (Å²) >= 11 is 0. The van der Waals surface area contributed by atoms with E-state index in [1.807, 2.05) is 13.8 Å². The Kier molecular flexibility index (Phi) is 7.99. The standard InChI is InChI=1S/C33H30N6O8/c1-17(35-15-19(3)37-32(42)25-9-5-7-21-11-23(39(46)47)13-27(29(21)25)33(37)43)14-34-18(2)16-36-30(40)24-8-4-6-20-10-22(38(44)45)12-26(28(20)24)31(36)41/h4-13,17-19,34-35H,14-16H2,1-3H3/t17-,18-,19-/m0/s1. The largest absolute Gasteiger partial charge is 0.311 e. The van der Waals surface area contributed by atoms with Gasteiger partial charge in [0, 0.05) is 83.9 Å². The van der Waals surface area contributed by atoms with Crippen LogP contribution in [0.3, 0.4) is 0 Å². The Morgan fingerprint density at radius 1 is 0.638 bits per heavy atom. The van der Waals surface area contributed by atoms with Crippen molar-refractivity contribution in [3.8, 4) is 0 Å². The molecule has 14 nitrogen and oxygen atoms in total. The maximum Gasteiger partial charge on any atom is 0.270 e. The number of carbonyl (C=O) groups is 4. The zero-order valence-corrected chi connectivity index (χ0v) is 25.7. The molecule has 2 aliphatic rings. The summed E-state index contributed by atoms with van der Waals surface area (Å²) in [4.78, 5) is 77.6. The number of imide groups is 2. The van der Waals surface area contributed by atoms with Gasteiger partial charge in [0.25, 0.3) is 35.0 Å². The Balaban J connectivity index is 1.08. The van der Waals surface area contributed by atoms with Gasteiger partial charge in [-0.3, -0.25) is 49.2 Å². The Morgan fingerprint density at radius 3 is 1.66 bits per heavy atom. The number of carbonyl (C=O) groups excluding carboxylic acids is 4. The second-order valence-corrected chi connectivity index (χ2v) is 12.0. The van der Waals surface area contributed by atoms with Crippen molar-refractivity contribution in [2.75, 3.05) is 19.6 Å². The zero-order chi connectivity index (χ0) is 33.7. The average molecular weight is 639 g/mol. The van der Waals surface area contributed by atoms with E-state index in [4.69, 9.17) is 0 Å². The third-order valence-corrected chi connectivity index (χ3v) is 8.63. The van der Waals surface area contributed by atoms with Gasteiger partial charge in [-0.15, -0.1) is 0 Å². The Bertz CT molecular complexity index is 2050. The third kappa shape index (κ3) is 5.47. The number of rotatable bonds is 11. The number of hydrogen-bond donors (Lipinski definition) is 2. The summed E-state index contributed by atoms with van der Waals surface area (Å²) in [6.45, 7) is 6.06. The minimum absolute atomic E-state index is 0.0210. The molecule has 4 aromatic rings. The number of hydrogen-bond acceptors (Lipinski definition) is 10. The van der Waals surface area contributed by atoms with Gasteiger partial charge in [0.2, 0.25) is 0 Å². The topological polar surface area (TPSA) is 185 Å². The van der Waals surface area contributed by atoms with Gasteiger partial charge in [-0.2, -0.15) is 0 Å². The number of nitro benzene ring substituents is 2. The van der Waals surface area contributed by atoms with E-state index in [2.05, 4.69) is 10.6 Å². The van der Waals surface area contributed by atoms with Crippen LogP contribution >= 0.6 is 0 Å². The molecule has 3 atom stereocenters. The van der Waals surface area contributed by atoms with Gasteiger partial charge in [0.1, 0.15) is 0 Å². The Morgan fingerprint density at radius 2 is 1.11 bits per heavy atom. The maximum atomic E-state index is 13.5. The molecule has 0 aliphatic carbocycles. The van der Waals surface area contributed by atoms with Crippen LogP contribution in [-0.2, 0) is 0 Å². The molecular weight excluding hydrogens is 608 g/mol. The molecule has 2 N–H and O–H groups in total. The second kappa shape index (κ2) is 12.0. The van der Waals surface area contributed by atoms with Crippen molar-refractivity contribution in [2.45, 2.75) is 38.9 Å². The van der Waals surface area contributed by atoms with Gasteiger partial charge in [-0.1, -0.05) is 24.3 Å². The molecule has 14 heteroatoms. The van der Waals surface area contributed by atoms with Crippen molar-refractivity contribution >= 4 is 56.5 Å². The lowest BCUT2D eigenvalue weighted by Crippen LogP contribution is -2.52. The molecule has 0 aromatic heterocycles. The number of nitrogens with one attached hydrogen (secondary N) is 2. The monoisotopic (exact) mass is 638 g/mol. The molecule has 47 heavy (non-hydrogen) atoms. The van der Waals surface area contributed by atoms with E-state index in [1.165, 1.54) is 24.3 Å². The van der Waals surface area contributed by atoms with Crippen LogP contribution < -0.4 is 10.6 Å². The smallest absolute Gasteiger partial charge is 0.270 e. The molecule has 2 heterocycles. The van der Waals surface area contributed by atoms with Crippen LogP contribution in [0.25, 0.3) is 21.5 Å². The molecule has 0 fully saturated rings. The molecule has 0 saturated carbocycles. The predicted octanol–water partition coefficient (Wildman–Crippen LogP) is 4.05. The lowest BCUT2D eigenvalue weighted by Gasteiger charge is -2.33. The summed E-state index contributed by atoms with van der Waals surface area (Å²) in [6, 6.07) is 13.7. The average Bonchev–Trinajstić information content (AvgIpc) is 3.05. The molecule has 240 valence electrons. The minimum atomic E-state index is -0.602. The number of benzene rings is 4. The van der Waals surface area contributed by atoms with Crippen LogP contribution in [0.15, 0.2) is 60.7 Å². The second-order valence-electron chi connectivity index (χ2n) is 12.0. The highest BCUT2D eigenvalue weighted by atomic mass is 16.6. The van der Waals surface area contributed by atoms with Crippen LogP contribution in [-0.4, -0.2) is 81.0 Å². The molecule has 4 aromatic carbocycles. The molecule has 0 radical (unpaired) electrons. The van der Waals surface area contributed by atoms with Crippen molar-refractivity contribution in [3.05, 3.63) is 103 Å². The first-order valence-electron chi connectivity index (χ1n) is 15.0. The molecule has 0 spiro atoms. The molecule has 0 unspecified atom stereocenters.